The number of thiophene rings is 1. The van der Waals surface area contributed by atoms with Gasteiger partial charge in [-0.25, -0.2) is 0 Å². The lowest BCUT2D eigenvalue weighted by molar-refractivity contribution is -0.118. The lowest BCUT2D eigenvalue weighted by Crippen LogP contribution is -2.27. The van der Waals surface area contributed by atoms with Gasteiger partial charge < -0.3 is 20.9 Å². The maximum atomic E-state index is 13.3. The SMILES string of the molecule is C=CC(=CC(CC)CCC)c1ccc(C(=O)Nc2[nH]c3cc(N(CC)C(C)=O)ccc3c2CCC(N)=O)s1. The smallest absolute Gasteiger partial charge is 0.266 e. The van der Waals surface area contributed by atoms with E-state index in [1.165, 1.54) is 18.3 Å². The summed E-state index contributed by atoms with van der Waals surface area (Å²) in [5, 5.41) is 3.88. The Kier molecular flexibility index (Phi) is 10.1. The van der Waals surface area contributed by atoms with Gasteiger partial charge in [0.15, 0.2) is 0 Å². The minimum atomic E-state index is -0.415. The third kappa shape index (κ3) is 6.81. The number of nitrogens with two attached hydrogens (primary N) is 1. The predicted octanol–water partition coefficient (Wildman–Crippen LogP) is 6.67. The number of H-pyrrole nitrogens is 1. The number of aromatic nitrogens is 1. The van der Waals surface area contributed by atoms with E-state index in [0.717, 1.165) is 51.9 Å². The summed E-state index contributed by atoms with van der Waals surface area (Å²) in [4.78, 5) is 43.4. The monoisotopic (exact) mass is 534 g/mol. The van der Waals surface area contributed by atoms with Gasteiger partial charge in [-0.1, -0.05) is 45.1 Å². The molecule has 1 atom stereocenters. The van der Waals surface area contributed by atoms with Gasteiger partial charge in [0.1, 0.15) is 5.82 Å². The van der Waals surface area contributed by atoms with Gasteiger partial charge in [0.25, 0.3) is 5.91 Å². The van der Waals surface area contributed by atoms with E-state index < -0.39 is 5.91 Å². The highest BCUT2D eigenvalue weighted by atomic mass is 32.1. The number of amides is 3. The van der Waals surface area contributed by atoms with Crippen molar-refractivity contribution in [3.63, 3.8) is 0 Å². The van der Waals surface area contributed by atoms with Crippen LogP contribution in [0.25, 0.3) is 16.5 Å². The van der Waals surface area contributed by atoms with Gasteiger partial charge in [-0.05, 0) is 61.9 Å². The van der Waals surface area contributed by atoms with E-state index >= 15 is 0 Å². The summed E-state index contributed by atoms with van der Waals surface area (Å²) in [5.41, 5.74) is 8.80. The van der Waals surface area contributed by atoms with Gasteiger partial charge in [-0.15, -0.1) is 11.3 Å². The maximum Gasteiger partial charge on any atom is 0.266 e. The Bertz CT molecular complexity index is 1350. The summed E-state index contributed by atoms with van der Waals surface area (Å²) in [6, 6.07) is 9.44. The summed E-state index contributed by atoms with van der Waals surface area (Å²) in [5.74, 6) is 0.293. The predicted molar refractivity (Wildman–Crippen MR) is 159 cm³/mol. The highest BCUT2D eigenvalue weighted by Crippen LogP contribution is 2.33. The number of primary amides is 1. The zero-order valence-electron chi connectivity index (χ0n) is 22.7. The summed E-state index contributed by atoms with van der Waals surface area (Å²) in [6.07, 6.45) is 7.93. The van der Waals surface area contributed by atoms with E-state index in [4.69, 9.17) is 5.73 Å². The van der Waals surface area contributed by atoms with E-state index in [-0.39, 0.29) is 18.2 Å². The fraction of sp³-hybridized carbons (Fsp3) is 0.367. The molecule has 0 saturated carbocycles. The second kappa shape index (κ2) is 13.2. The number of rotatable bonds is 13. The summed E-state index contributed by atoms with van der Waals surface area (Å²) in [7, 11) is 0. The molecule has 8 heteroatoms. The molecule has 0 saturated heterocycles. The minimum absolute atomic E-state index is 0.0534. The largest absolute Gasteiger partial charge is 0.370 e. The minimum Gasteiger partial charge on any atom is -0.370 e. The van der Waals surface area contributed by atoms with Crippen molar-refractivity contribution in [1.82, 2.24) is 4.98 Å². The Hall–Kier alpha value is -3.65. The van der Waals surface area contributed by atoms with Crippen molar-refractivity contribution in [1.29, 1.82) is 0 Å². The molecule has 1 aromatic carbocycles. The molecule has 0 aliphatic carbocycles. The normalized spacial score (nSPS) is 12.4. The molecule has 2 aromatic heterocycles. The van der Waals surface area contributed by atoms with E-state index in [1.807, 2.05) is 43.3 Å². The van der Waals surface area contributed by atoms with Crippen molar-refractivity contribution in [2.24, 2.45) is 11.7 Å². The van der Waals surface area contributed by atoms with Crippen molar-refractivity contribution in [3.8, 4) is 0 Å². The number of aromatic amines is 1. The van der Waals surface area contributed by atoms with E-state index in [0.29, 0.717) is 29.6 Å². The Morgan fingerprint density at radius 1 is 1.16 bits per heavy atom. The van der Waals surface area contributed by atoms with Crippen LogP contribution in [0.15, 0.2) is 49.1 Å². The van der Waals surface area contributed by atoms with Crippen molar-refractivity contribution in [2.75, 3.05) is 16.8 Å². The molecule has 0 aliphatic heterocycles. The average molecular weight is 535 g/mol. The zero-order valence-corrected chi connectivity index (χ0v) is 23.5. The van der Waals surface area contributed by atoms with Crippen molar-refractivity contribution >= 4 is 57.0 Å². The maximum absolute atomic E-state index is 13.3. The third-order valence-corrected chi connectivity index (χ3v) is 7.82. The summed E-state index contributed by atoms with van der Waals surface area (Å²) < 4.78 is 0. The first-order chi connectivity index (χ1) is 18.2. The van der Waals surface area contributed by atoms with Gasteiger partial charge in [-0.2, -0.15) is 0 Å². The topological polar surface area (TPSA) is 108 Å². The van der Waals surface area contributed by atoms with Crippen LogP contribution in [-0.2, 0) is 16.0 Å². The first-order valence-electron chi connectivity index (χ1n) is 13.2. The first-order valence-corrected chi connectivity index (χ1v) is 14.0. The lowest BCUT2D eigenvalue weighted by atomic mass is 9.97. The molecule has 0 aliphatic rings. The molecule has 0 spiro atoms. The molecular formula is C30H38N4O3S. The van der Waals surface area contributed by atoms with E-state index in [2.05, 4.69) is 36.8 Å². The van der Waals surface area contributed by atoms with Crippen LogP contribution in [0, 0.1) is 5.92 Å². The number of nitrogens with one attached hydrogen (secondary N) is 2. The summed E-state index contributed by atoms with van der Waals surface area (Å²) in [6.45, 7) is 12.3. The molecule has 2 heterocycles. The number of hydrogen-bond acceptors (Lipinski definition) is 4. The highest BCUT2D eigenvalue weighted by Gasteiger charge is 2.19. The molecule has 1 unspecified atom stereocenters. The number of nitrogens with zero attached hydrogens (tertiary/aromatic N) is 1. The Balaban J connectivity index is 1.93. The average Bonchev–Trinajstić information content (AvgIpc) is 3.50. The van der Waals surface area contributed by atoms with E-state index in [1.54, 1.807) is 4.90 Å². The molecule has 3 rings (SSSR count). The Labute approximate surface area is 228 Å². The van der Waals surface area contributed by atoms with E-state index in [9.17, 15) is 14.4 Å². The van der Waals surface area contributed by atoms with Crippen LogP contribution in [0.1, 0.15) is 73.5 Å². The van der Waals surface area contributed by atoms with Crippen molar-refractivity contribution in [3.05, 3.63) is 64.4 Å². The van der Waals surface area contributed by atoms with Crippen molar-refractivity contribution < 1.29 is 14.4 Å². The Morgan fingerprint density at radius 3 is 2.50 bits per heavy atom. The fourth-order valence-corrected chi connectivity index (χ4v) is 5.61. The van der Waals surface area contributed by atoms with Crippen molar-refractivity contribution in [2.45, 2.75) is 59.8 Å². The first kappa shape index (κ1) is 28.9. The van der Waals surface area contributed by atoms with Crippen LogP contribution in [0.4, 0.5) is 11.5 Å². The highest BCUT2D eigenvalue weighted by molar-refractivity contribution is 7.15. The van der Waals surface area contributed by atoms with Gasteiger partial charge in [0, 0.05) is 46.9 Å². The fourth-order valence-electron chi connectivity index (χ4n) is 4.68. The molecular weight excluding hydrogens is 496 g/mol. The number of anilines is 2. The number of allylic oxidation sites excluding steroid dienone is 3. The summed E-state index contributed by atoms with van der Waals surface area (Å²) >= 11 is 1.42. The molecule has 4 N–H and O–H groups in total. The van der Waals surface area contributed by atoms with Gasteiger partial charge in [0.05, 0.1) is 4.88 Å². The number of carbonyl (C=O) groups is 3. The second-order valence-corrected chi connectivity index (χ2v) is 10.4. The lowest BCUT2D eigenvalue weighted by Gasteiger charge is -2.19. The molecule has 7 nitrogen and oxygen atoms in total. The molecule has 0 bridgehead atoms. The van der Waals surface area contributed by atoms with Crippen LogP contribution in [0.5, 0.6) is 0 Å². The standard InChI is InChI=1S/C30H38N4O3S/c1-6-10-20(7-2)17-21(8-3)26-14-15-27(38-26)30(37)33-29-24(13-16-28(31)36)23-12-11-22(18-25(23)32-29)34(9-4)19(5)35/h8,11-12,14-15,17-18,20,32H,3,6-7,9-10,13,16H2,1-2,4-5H3,(H2,31,36)(H,33,37). The number of hydrogen-bond donors (Lipinski definition) is 3. The van der Waals surface area contributed by atoms with Crippen LogP contribution in [0.3, 0.4) is 0 Å². The van der Waals surface area contributed by atoms with Gasteiger partial charge >= 0.3 is 0 Å². The quantitative estimate of drug-likeness (QED) is 0.213. The van der Waals surface area contributed by atoms with Crippen LogP contribution in [-0.4, -0.2) is 29.3 Å². The van der Waals surface area contributed by atoms with Crippen LogP contribution in [0.2, 0.25) is 0 Å². The number of carbonyl (C=O) groups excluding carboxylic acids is 3. The molecule has 3 amide bonds. The zero-order chi connectivity index (χ0) is 27.8. The number of fused-ring (bicyclic) bond motifs is 1. The molecule has 3 aromatic rings. The van der Waals surface area contributed by atoms with Gasteiger partial charge in [0.2, 0.25) is 11.8 Å². The number of benzene rings is 1. The molecule has 202 valence electrons. The Morgan fingerprint density at radius 2 is 1.89 bits per heavy atom. The van der Waals surface area contributed by atoms with Gasteiger partial charge in [-0.3, -0.25) is 14.4 Å². The second-order valence-electron chi connectivity index (χ2n) is 9.34. The number of aryl methyl sites for hydroxylation is 1. The molecule has 0 radical (unpaired) electrons. The third-order valence-electron chi connectivity index (χ3n) is 6.69. The molecule has 0 fully saturated rings. The molecule has 38 heavy (non-hydrogen) atoms. The van der Waals surface area contributed by atoms with Crippen LogP contribution < -0.4 is 16.0 Å². The van der Waals surface area contributed by atoms with Crippen LogP contribution >= 0.6 is 11.3 Å².